The molecule has 0 saturated carbocycles. The van der Waals surface area contributed by atoms with Crippen LogP contribution in [0, 0.1) is 18.3 Å². The molecule has 0 aliphatic rings. The topological polar surface area (TPSA) is 86.0 Å². The van der Waals surface area contributed by atoms with Gasteiger partial charge in [-0.3, -0.25) is 0 Å². The molecule has 0 unspecified atom stereocenters. The molecule has 0 aromatic carbocycles. The summed E-state index contributed by atoms with van der Waals surface area (Å²) in [5.41, 5.74) is 1.61. The number of anilines is 1. The molecule has 0 radical (unpaired) electrons. The molecule has 5 nitrogen and oxygen atoms in total. The summed E-state index contributed by atoms with van der Waals surface area (Å²) >= 11 is 0. The molecule has 0 aliphatic heterocycles. The van der Waals surface area contributed by atoms with Gasteiger partial charge in [-0.2, -0.15) is 5.26 Å². The van der Waals surface area contributed by atoms with Crippen molar-refractivity contribution in [2.24, 2.45) is 0 Å². The first kappa shape index (κ1) is 14.0. The molecule has 0 amide bonds. The molecule has 1 heterocycles. The molecule has 5 heteroatoms. The molecule has 1 aromatic rings. The van der Waals surface area contributed by atoms with Crippen molar-refractivity contribution < 1.29 is 9.90 Å². The minimum atomic E-state index is -0.878. The monoisotopic (exact) mass is 247 g/mol. The summed E-state index contributed by atoms with van der Waals surface area (Å²) in [6, 6.07) is 4.63. The number of hydrogen-bond donors (Lipinski definition) is 2. The van der Waals surface area contributed by atoms with Crippen LogP contribution in [0.3, 0.4) is 0 Å². The highest BCUT2D eigenvalue weighted by Crippen LogP contribution is 2.14. The van der Waals surface area contributed by atoms with E-state index < -0.39 is 12.0 Å². The molecule has 0 spiro atoms. The fourth-order valence-corrected chi connectivity index (χ4v) is 1.68. The third-order valence-electron chi connectivity index (χ3n) is 2.55. The van der Waals surface area contributed by atoms with E-state index in [-0.39, 0.29) is 5.69 Å². The Bertz CT molecular complexity index is 466. The van der Waals surface area contributed by atoms with E-state index >= 15 is 0 Å². The van der Waals surface area contributed by atoms with Gasteiger partial charge in [-0.05, 0) is 25.5 Å². The van der Waals surface area contributed by atoms with E-state index in [0.717, 1.165) is 12.8 Å². The zero-order chi connectivity index (χ0) is 13.5. The Morgan fingerprint density at radius 2 is 2.33 bits per heavy atom. The first-order valence-corrected chi connectivity index (χ1v) is 5.95. The lowest BCUT2D eigenvalue weighted by atomic mass is 10.1. The number of pyridine rings is 1. The summed E-state index contributed by atoms with van der Waals surface area (Å²) in [7, 11) is 0. The normalized spacial score (nSPS) is 11.6. The number of hydrogen-bond acceptors (Lipinski definition) is 4. The number of rotatable bonds is 6. The largest absolute Gasteiger partial charge is 0.480 e. The molecule has 18 heavy (non-hydrogen) atoms. The predicted octanol–water partition coefficient (Wildman–Crippen LogP) is 2.32. The number of aryl methyl sites for hydroxylation is 1. The van der Waals surface area contributed by atoms with Crippen molar-refractivity contribution in [3.63, 3.8) is 0 Å². The van der Waals surface area contributed by atoms with E-state index in [0.29, 0.717) is 17.8 Å². The Labute approximate surface area is 106 Å². The number of aromatic nitrogens is 1. The summed E-state index contributed by atoms with van der Waals surface area (Å²) in [6.45, 7) is 3.79. The van der Waals surface area contributed by atoms with Gasteiger partial charge in [0.15, 0.2) is 0 Å². The maximum Gasteiger partial charge on any atom is 0.326 e. The summed E-state index contributed by atoms with van der Waals surface area (Å²) in [6.07, 6.45) is 2.36. The van der Waals surface area contributed by atoms with Crippen molar-refractivity contribution in [3.8, 4) is 6.07 Å². The second kappa shape index (κ2) is 6.60. The van der Waals surface area contributed by atoms with Crippen molar-refractivity contribution >= 4 is 11.7 Å². The first-order chi connectivity index (χ1) is 8.56. The van der Waals surface area contributed by atoms with E-state index in [1.807, 2.05) is 13.0 Å². The number of nitrogens with one attached hydrogen (secondary N) is 1. The van der Waals surface area contributed by atoms with Crippen LogP contribution in [0.2, 0.25) is 0 Å². The van der Waals surface area contributed by atoms with Crippen LogP contribution in [0.4, 0.5) is 5.69 Å². The second-order valence-electron chi connectivity index (χ2n) is 4.17. The molecular formula is C13H17N3O2. The van der Waals surface area contributed by atoms with Crippen LogP contribution in [0.5, 0.6) is 0 Å². The Kier molecular flexibility index (Phi) is 5.12. The van der Waals surface area contributed by atoms with Crippen LogP contribution in [-0.2, 0) is 4.79 Å². The highest BCUT2D eigenvalue weighted by Gasteiger charge is 2.16. The number of nitrogens with zero attached hydrogens (tertiary/aromatic N) is 2. The van der Waals surface area contributed by atoms with Gasteiger partial charge in [0, 0.05) is 11.4 Å². The van der Waals surface area contributed by atoms with Gasteiger partial charge in [0.1, 0.15) is 17.8 Å². The summed E-state index contributed by atoms with van der Waals surface area (Å²) in [4.78, 5) is 15.1. The number of aliphatic carboxylic acids is 1. The smallest absolute Gasteiger partial charge is 0.326 e. The van der Waals surface area contributed by atoms with Crippen molar-refractivity contribution in [2.75, 3.05) is 5.32 Å². The molecule has 2 N–H and O–H groups in total. The molecule has 1 aromatic heterocycles. The van der Waals surface area contributed by atoms with E-state index in [1.165, 1.54) is 0 Å². The summed E-state index contributed by atoms with van der Waals surface area (Å²) in [5.74, 6) is -0.878. The average Bonchev–Trinajstić information content (AvgIpc) is 2.33. The fraction of sp³-hybridized carbons (Fsp3) is 0.462. The summed E-state index contributed by atoms with van der Waals surface area (Å²) < 4.78 is 0. The minimum absolute atomic E-state index is 0.289. The van der Waals surface area contributed by atoms with Crippen LogP contribution in [0.1, 0.15) is 37.6 Å². The van der Waals surface area contributed by atoms with Crippen LogP contribution >= 0.6 is 0 Å². The summed E-state index contributed by atoms with van der Waals surface area (Å²) in [5, 5.41) is 20.9. The van der Waals surface area contributed by atoms with Crippen molar-refractivity contribution in [1.29, 1.82) is 5.26 Å². The quantitative estimate of drug-likeness (QED) is 0.805. The van der Waals surface area contributed by atoms with E-state index in [2.05, 4.69) is 10.3 Å². The van der Waals surface area contributed by atoms with Crippen molar-refractivity contribution in [2.45, 2.75) is 39.2 Å². The molecular weight excluding hydrogens is 230 g/mol. The van der Waals surface area contributed by atoms with Crippen LogP contribution < -0.4 is 5.32 Å². The van der Waals surface area contributed by atoms with Gasteiger partial charge < -0.3 is 10.4 Å². The number of carboxylic acid groups (broad SMARTS) is 1. The Morgan fingerprint density at radius 1 is 1.61 bits per heavy atom. The van der Waals surface area contributed by atoms with Crippen LogP contribution in [-0.4, -0.2) is 22.1 Å². The molecule has 0 bridgehead atoms. The van der Waals surface area contributed by atoms with Crippen molar-refractivity contribution in [1.82, 2.24) is 4.98 Å². The molecule has 1 atom stereocenters. The van der Waals surface area contributed by atoms with E-state index in [9.17, 15) is 4.79 Å². The van der Waals surface area contributed by atoms with Gasteiger partial charge in [0.05, 0.1) is 0 Å². The molecule has 96 valence electrons. The van der Waals surface area contributed by atoms with Gasteiger partial charge in [-0.1, -0.05) is 19.8 Å². The zero-order valence-electron chi connectivity index (χ0n) is 10.6. The fourth-order valence-electron chi connectivity index (χ4n) is 1.68. The Balaban J connectivity index is 2.83. The molecule has 0 fully saturated rings. The molecule has 0 saturated heterocycles. The van der Waals surface area contributed by atoms with Gasteiger partial charge in [-0.15, -0.1) is 0 Å². The highest BCUT2D eigenvalue weighted by molar-refractivity contribution is 5.77. The highest BCUT2D eigenvalue weighted by atomic mass is 16.4. The third-order valence-corrected chi connectivity index (χ3v) is 2.55. The third kappa shape index (κ3) is 4.06. The Morgan fingerprint density at radius 3 is 2.89 bits per heavy atom. The van der Waals surface area contributed by atoms with E-state index in [1.54, 1.807) is 19.1 Å². The van der Waals surface area contributed by atoms with Gasteiger partial charge in [-0.25, -0.2) is 9.78 Å². The van der Waals surface area contributed by atoms with Gasteiger partial charge in [0.2, 0.25) is 0 Å². The SMILES string of the molecule is CCCC[C@H](Nc1cc(C)nc(C#N)c1)C(=O)O. The van der Waals surface area contributed by atoms with Crippen molar-refractivity contribution in [3.05, 3.63) is 23.5 Å². The molecule has 0 aliphatic carbocycles. The zero-order valence-corrected chi connectivity index (χ0v) is 10.6. The lowest BCUT2D eigenvalue weighted by molar-refractivity contribution is -0.138. The number of nitriles is 1. The maximum atomic E-state index is 11.1. The minimum Gasteiger partial charge on any atom is -0.480 e. The predicted molar refractivity (Wildman–Crippen MR) is 68.3 cm³/mol. The number of unbranched alkanes of at least 4 members (excludes halogenated alkanes) is 1. The maximum absolute atomic E-state index is 11.1. The van der Waals surface area contributed by atoms with Gasteiger partial charge >= 0.3 is 5.97 Å². The molecule has 1 rings (SSSR count). The first-order valence-electron chi connectivity index (χ1n) is 5.95. The number of carboxylic acids is 1. The number of carbonyl (C=O) groups is 1. The standard InChI is InChI=1S/C13H17N3O2/c1-3-4-5-12(13(17)18)16-10-6-9(2)15-11(7-10)8-14/h6-7,12H,3-5H2,1-2H3,(H,15,16)(H,17,18)/t12-/m0/s1. The average molecular weight is 247 g/mol. The second-order valence-corrected chi connectivity index (χ2v) is 4.17. The van der Waals surface area contributed by atoms with Gasteiger partial charge in [0.25, 0.3) is 0 Å². The lowest BCUT2D eigenvalue weighted by Crippen LogP contribution is -2.29. The van der Waals surface area contributed by atoms with Crippen LogP contribution in [0.15, 0.2) is 12.1 Å². The Hall–Kier alpha value is -2.09. The van der Waals surface area contributed by atoms with E-state index in [4.69, 9.17) is 10.4 Å². The van der Waals surface area contributed by atoms with Crippen LogP contribution in [0.25, 0.3) is 0 Å². The lowest BCUT2D eigenvalue weighted by Gasteiger charge is -2.15.